The molecule has 162 valence electrons. The van der Waals surface area contributed by atoms with Gasteiger partial charge in [0.1, 0.15) is 22.9 Å². The van der Waals surface area contributed by atoms with Crippen LogP contribution in [0.2, 0.25) is 0 Å². The summed E-state index contributed by atoms with van der Waals surface area (Å²) < 4.78 is 35.0. The highest BCUT2D eigenvalue weighted by atomic mass is 19.1. The number of rotatable bonds is 2. The van der Waals surface area contributed by atoms with E-state index in [4.69, 9.17) is 9.52 Å². The summed E-state index contributed by atoms with van der Waals surface area (Å²) in [5.41, 5.74) is 3.93. The van der Waals surface area contributed by atoms with E-state index in [0.717, 1.165) is 36.6 Å². The number of carbonyl (C=O) groups is 1. The molecule has 6 rings (SSSR count). The van der Waals surface area contributed by atoms with Gasteiger partial charge in [-0.15, -0.1) is 0 Å². The number of hydrogen-bond acceptors (Lipinski definition) is 4. The van der Waals surface area contributed by atoms with Crippen LogP contribution in [0.15, 0.2) is 47.2 Å². The summed E-state index contributed by atoms with van der Waals surface area (Å²) in [5, 5.41) is 5.42. The molecule has 32 heavy (non-hydrogen) atoms. The number of furan rings is 1. The quantitative estimate of drug-likeness (QED) is 0.455. The summed E-state index contributed by atoms with van der Waals surface area (Å²) in [6, 6.07) is 6.80. The zero-order chi connectivity index (χ0) is 22.0. The van der Waals surface area contributed by atoms with Crippen molar-refractivity contribution in [3.63, 3.8) is 0 Å². The standard InChI is InChI=1S/C24H20F2N4O2/c1-29-23(13-9-14(25)11-15(26)10-13)18-12-16-3-2-4-19(21(18)28-29)30(16)24(31)22-17-6-8-32-20(17)5-7-27-22/h5-11,16,19H,2-4,12H2,1H3/t16-,19+/m1/s1. The summed E-state index contributed by atoms with van der Waals surface area (Å²) in [7, 11) is 1.78. The largest absolute Gasteiger partial charge is 0.464 e. The molecule has 0 N–H and O–H groups in total. The Morgan fingerprint density at radius 2 is 1.97 bits per heavy atom. The number of aryl methyl sites for hydroxylation is 1. The molecular formula is C24H20F2N4O2. The zero-order valence-corrected chi connectivity index (χ0v) is 17.4. The van der Waals surface area contributed by atoms with E-state index in [2.05, 4.69) is 4.98 Å². The first-order valence-electron chi connectivity index (χ1n) is 10.7. The van der Waals surface area contributed by atoms with E-state index in [-0.39, 0.29) is 18.0 Å². The minimum Gasteiger partial charge on any atom is -0.464 e. The molecule has 0 spiro atoms. The molecule has 2 atom stereocenters. The van der Waals surface area contributed by atoms with Gasteiger partial charge in [-0.1, -0.05) is 0 Å². The SMILES string of the molecule is Cn1nc2c(c1-c1cc(F)cc(F)c1)C[C@H]1CCC[C@@H]2N1C(=O)c1nccc2occc12. The second-order valence-electron chi connectivity index (χ2n) is 8.50. The highest BCUT2D eigenvalue weighted by molar-refractivity contribution is 6.04. The van der Waals surface area contributed by atoms with Gasteiger partial charge in [-0.25, -0.2) is 8.78 Å². The first-order valence-corrected chi connectivity index (χ1v) is 10.7. The molecule has 5 heterocycles. The molecule has 2 bridgehead atoms. The first kappa shape index (κ1) is 19.2. The second-order valence-corrected chi connectivity index (χ2v) is 8.50. The molecule has 0 aliphatic carbocycles. The van der Waals surface area contributed by atoms with Crippen LogP contribution in [0, 0.1) is 11.6 Å². The molecule has 6 nitrogen and oxygen atoms in total. The molecule has 1 saturated heterocycles. The average Bonchev–Trinajstić information content (AvgIpc) is 3.36. The Balaban J connectivity index is 1.46. The normalized spacial score (nSPS) is 19.9. The lowest BCUT2D eigenvalue weighted by Crippen LogP contribution is -2.50. The van der Waals surface area contributed by atoms with Crippen molar-refractivity contribution in [2.75, 3.05) is 0 Å². The fourth-order valence-corrected chi connectivity index (χ4v) is 5.39. The Kier molecular flexibility index (Phi) is 4.18. The topological polar surface area (TPSA) is 64.2 Å². The monoisotopic (exact) mass is 434 g/mol. The Bertz CT molecular complexity index is 1360. The lowest BCUT2D eigenvalue weighted by Gasteiger charge is -2.45. The molecule has 2 aliphatic rings. The smallest absolute Gasteiger partial charge is 0.274 e. The van der Waals surface area contributed by atoms with Gasteiger partial charge in [0, 0.05) is 36.5 Å². The molecule has 3 aromatic heterocycles. The van der Waals surface area contributed by atoms with E-state index in [1.165, 1.54) is 12.1 Å². The van der Waals surface area contributed by atoms with Crippen LogP contribution >= 0.6 is 0 Å². The minimum atomic E-state index is -0.623. The predicted octanol–water partition coefficient (Wildman–Crippen LogP) is 4.80. The van der Waals surface area contributed by atoms with Gasteiger partial charge < -0.3 is 9.32 Å². The van der Waals surface area contributed by atoms with Crippen LogP contribution in [0.1, 0.15) is 47.1 Å². The maximum atomic E-state index is 13.9. The molecule has 1 fully saturated rings. The third-order valence-corrected chi connectivity index (χ3v) is 6.63. The van der Waals surface area contributed by atoms with Crippen LogP contribution in [0.5, 0.6) is 0 Å². The number of carbonyl (C=O) groups excluding carboxylic acids is 1. The molecular weight excluding hydrogens is 414 g/mol. The molecule has 0 radical (unpaired) electrons. The Hall–Kier alpha value is -3.55. The number of aromatic nitrogens is 3. The van der Waals surface area contributed by atoms with E-state index in [0.29, 0.717) is 34.3 Å². The number of benzene rings is 1. The summed E-state index contributed by atoms with van der Waals surface area (Å²) in [4.78, 5) is 19.9. The van der Waals surface area contributed by atoms with Crippen LogP contribution < -0.4 is 0 Å². The van der Waals surface area contributed by atoms with Gasteiger partial charge in [0.15, 0.2) is 0 Å². The predicted molar refractivity (Wildman–Crippen MR) is 113 cm³/mol. The van der Waals surface area contributed by atoms with Crippen molar-refractivity contribution in [1.29, 1.82) is 0 Å². The third-order valence-electron chi connectivity index (χ3n) is 6.63. The Morgan fingerprint density at radius 1 is 1.16 bits per heavy atom. The molecule has 1 aromatic carbocycles. The van der Waals surface area contributed by atoms with Crippen molar-refractivity contribution >= 4 is 16.9 Å². The van der Waals surface area contributed by atoms with E-state index in [1.54, 1.807) is 36.3 Å². The molecule has 0 unspecified atom stereocenters. The van der Waals surface area contributed by atoms with Gasteiger partial charge in [0.05, 0.1) is 29.1 Å². The van der Waals surface area contributed by atoms with Crippen molar-refractivity contribution < 1.29 is 18.0 Å². The van der Waals surface area contributed by atoms with Gasteiger partial charge in [-0.3, -0.25) is 14.5 Å². The van der Waals surface area contributed by atoms with E-state index in [9.17, 15) is 13.6 Å². The van der Waals surface area contributed by atoms with Crippen LogP contribution in [-0.4, -0.2) is 31.6 Å². The van der Waals surface area contributed by atoms with Crippen molar-refractivity contribution in [2.45, 2.75) is 37.8 Å². The lowest BCUT2D eigenvalue weighted by molar-refractivity contribution is 0.0388. The number of hydrogen-bond donors (Lipinski definition) is 0. The van der Waals surface area contributed by atoms with Crippen molar-refractivity contribution in [3.05, 3.63) is 71.4 Å². The van der Waals surface area contributed by atoms with Crippen molar-refractivity contribution in [1.82, 2.24) is 19.7 Å². The van der Waals surface area contributed by atoms with Gasteiger partial charge >= 0.3 is 0 Å². The van der Waals surface area contributed by atoms with E-state index in [1.807, 2.05) is 4.90 Å². The van der Waals surface area contributed by atoms with Crippen molar-refractivity contribution in [2.24, 2.45) is 7.05 Å². The Labute approximate surface area is 182 Å². The van der Waals surface area contributed by atoms with Crippen LogP contribution in [-0.2, 0) is 13.5 Å². The molecule has 2 aliphatic heterocycles. The van der Waals surface area contributed by atoms with Crippen LogP contribution in [0.3, 0.4) is 0 Å². The molecule has 1 amide bonds. The highest BCUT2D eigenvalue weighted by Crippen LogP contribution is 2.45. The zero-order valence-electron chi connectivity index (χ0n) is 17.4. The van der Waals surface area contributed by atoms with Gasteiger partial charge in [-0.05, 0) is 49.9 Å². The number of halogens is 2. The van der Waals surface area contributed by atoms with Gasteiger partial charge in [0.2, 0.25) is 0 Å². The molecule has 8 heteroatoms. The van der Waals surface area contributed by atoms with Crippen LogP contribution in [0.25, 0.3) is 22.2 Å². The lowest BCUT2D eigenvalue weighted by atomic mass is 9.81. The number of nitrogens with zero attached hydrogens (tertiary/aromatic N) is 4. The Morgan fingerprint density at radius 3 is 2.78 bits per heavy atom. The second kappa shape index (κ2) is 6.98. The van der Waals surface area contributed by atoms with Gasteiger partial charge in [-0.2, -0.15) is 5.10 Å². The maximum absolute atomic E-state index is 13.9. The number of piperidine rings is 1. The van der Waals surface area contributed by atoms with Crippen LogP contribution in [0.4, 0.5) is 8.78 Å². The van der Waals surface area contributed by atoms with E-state index < -0.39 is 11.6 Å². The minimum absolute atomic E-state index is 0.0286. The number of amides is 1. The fourth-order valence-electron chi connectivity index (χ4n) is 5.39. The molecule has 0 saturated carbocycles. The summed E-state index contributed by atoms with van der Waals surface area (Å²) in [6.07, 6.45) is 6.35. The summed E-state index contributed by atoms with van der Waals surface area (Å²) in [5.74, 6) is -1.38. The summed E-state index contributed by atoms with van der Waals surface area (Å²) in [6.45, 7) is 0. The maximum Gasteiger partial charge on any atom is 0.274 e. The average molecular weight is 434 g/mol. The van der Waals surface area contributed by atoms with Crippen molar-refractivity contribution in [3.8, 4) is 11.3 Å². The number of pyridine rings is 1. The van der Waals surface area contributed by atoms with E-state index >= 15 is 0 Å². The summed E-state index contributed by atoms with van der Waals surface area (Å²) >= 11 is 0. The fraction of sp³-hybridized carbons (Fsp3) is 0.292. The number of fused-ring (bicyclic) bond motifs is 5. The first-order chi connectivity index (χ1) is 15.5. The molecule has 4 aromatic rings. The highest BCUT2D eigenvalue weighted by Gasteiger charge is 2.44. The van der Waals surface area contributed by atoms with Gasteiger partial charge in [0.25, 0.3) is 5.91 Å². The third kappa shape index (κ3) is 2.78.